The summed E-state index contributed by atoms with van der Waals surface area (Å²) in [5.74, 6) is 0.0684. The first kappa shape index (κ1) is 15.3. The Balaban J connectivity index is 2.10. The van der Waals surface area contributed by atoms with Crippen LogP contribution in [-0.4, -0.2) is 49.3 Å². The predicted octanol–water partition coefficient (Wildman–Crippen LogP) is 0.248. The molecule has 0 atom stereocenters. The fourth-order valence-electron chi connectivity index (χ4n) is 2.38. The van der Waals surface area contributed by atoms with E-state index in [0.717, 1.165) is 32.4 Å². The molecule has 1 saturated heterocycles. The van der Waals surface area contributed by atoms with E-state index in [4.69, 9.17) is 5.73 Å². The van der Waals surface area contributed by atoms with Gasteiger partial charge in [0, 0.05) is 18.8 Å². The second kappa shape index (κ2) is 6.11. The lowest BCUT2D eigenvalue weighted by Gasteiger charge is -2.29. The van der Waals surface area contributed by atoms with Crippen molar-refractivity contribution in [3.05, 3.63) is 6.20 Å². The van der Waals surface area contributed by atoms with E-state index in [-0.39, 0.29) is 16.8 Å². The van der Waals surface area contributed by atoms with E-state index < -0.39 is 10.0 Å². The van der Waals surface area contributed by atoms with Crippen LogP contribution in [0.15, 0.2) is 11.1 Å². The average molecular weight is 301 g/mol. The van der Waals surface area contributed by atoms with Crippen molar-refractivity contribution in [2.24, 2.45) is 0 Å². The highest BCUT2D eigenvalue weighted by molar-refractivity contribution is 7.89. The zero-order valence-electron chi connectivity index (χ0n) is 12.0. The molecular weight excluding hydrogens is 278 g/mol. The highest BCUT2D eigenvalue weighted by Gasteiger charge is 2.26. The molecule has 1 aliphatic rings. The maximum Gasteiger partial charge on any atom is 0.246 e. The van der Waals surface area contributed by atoms with Gasteiger partial charge in [-0.2, -0.15) is 5.10 Å². The molecule has 0 spiro atoms. The van der Waals surface area contributed by atoms with Crippen molar-refractivity contribution >= 4 is 15.8 Å². The Morgan fingerprint density at radius 1 is 1.45 bits per heavy atom. The molecule has 2 rings (SSSR count). The van der Waals surface area contributed by atoms with Gasteiger partial charge in [-0.1, -0.05) is 6.92 Å². The van der Waals surface area contributed by atoms with Crippen LogP contribution in [0.4, 0.5) is 5.82 Å². The van der Waals surface area contributed by atoms with Crippen molar-refractivity contribution in [2.75, 3.05) is 25.9 Å². The van der Waals surface area contributed by atoms with Gasteiger partial charge in [-0.25, -0.2) is 13.1 Å². The molecule has 0 aromatic carbocycles. The molecule has 114 valence electrons. The number of aromatic nitrogens is 2. The third kappa shape index (κ3) is 3.50. The summed E-state index contributed by atoms with van der Waals surface area (Å²) in [6.07, 6.45) is 4.02. The normalized spacial score (nSPS) is 18.5. The number of rotatable bonds is 5. The lowest BCUT2D eigenvalue weighted by atomic mass is 10.1. The molecule has 8 heteroatoms. The molecule has 0 unspecified atom stereocenters. The maximum absolute atomic E-state index is 12.4. The van der Waals surface area contributed by atoms with Gasteiger partial charge in [0.15, 0.2) is 5.82 Å². The number of likely N-dealkylation sites (tertiary alicyclic amines) is 1. The zero-order chi connectivity index (χ0) is 14.8. The molecule has 0 radical (unpaired) electrons. The molecular formula is C12H23N5O2S. The van der Waals surface area contributed by atoms with Gasteiger partial charge in [0.1, 0.15) is 4.90 Å². The molecule has 1 aliphatic heterocycles. The average Bonchev–Trinajstić information content (AvgIpc) is 2.74. The fraction of sp³-hybridized carbons (Fsp3) is 0.750. The predicted molar refractivity (Wildman–Crippen MR) is 77.8 cm³/mol. The number of anilines is 1. The summed E-state index contributed by atoms with van der Waals surface area (Å²) in [5.41, 5.74) is 5.73. The molecule has 0 saturated carbocycles. The molecule has 1 aromatic rings. The number of hydrogen-bond donors (Lipinski definition) is 2. The van der Waals surface area contributed by atoms with Crippen molar-refractivity contribution < 1.29 is 8.42 Å². The lowest BCUT2D eigenvalue weighted by Crippen LogP contribution is -2.43. The molecule has 1 aromatic heterocycles. The number of nitrogens with zero attached hydrogens (tertiary/aromatic N) is 3. The Kier molecular flexibility index (Phi) is 4.66. The number of nitrogens with one attached hydrogen (secondary N) is 1. The minimum Gasteiger partial charge on any atom is -0.381 e. The summed E-state index contributed by atoms with van der Waals surface area (Å²) in [5, 5.41) is 4.04. The smallest absolute Gasteiger partial charge is 0.246 e. The first-order chi connectivity index (χ1) is 9.42. The third-order valence-corrected chi connectivity index (χ3v) is 5.07. The summed E-state index contributed by atoms with van der Waals surface area (Å²) in [4.78, 5) is 2.28. The molecule has 7 nitrogen and oxygen atoms in total. The Morgan fingerprint density at radius 3 is 2.70 bits per heavy atom. The monoisotopic (exact) mass is 301 g/mol. The van der Waals surface area contributed by atoms with Gasteiger partial charge in [0.2, 0.25) is 10.0 Å². The van der Waals surface area contributed by atoms with Crippen LogP contribution in [0.2, 0.25) is 0 Å². The number of aryl methyl sites for hydroxylation is 1. The summed E-state index contributed by atoms with van der Waals surface area (Å²) < 4.78 is 29.0. The number of piperidine rings is 1. The largest absolute Gasteiger partial charge is 0.381 e. The van der Waals surface area contributed by atoms with E-state index in [1.54, 1.807) is 4.68 Å². The van der Waals surface area contributed by atoms with Crippen LogP contribution in [0.1, 0.15) is 26.2 Å². The zero-order valence-corrected chi connectivity index (χ0v) is 12.9. The molecule has 1 fully saturated rings. The van der Waals surface area contributed by atoms with Crippen LogP contribution in [0.25, 0.3) is 0 Å². The quantitative estimate of drug-likeness (QED) is 0.813. The van der Waals surface area contributed by atoms with Gasteiger partial charge in [-0.15, -0.1) is 0 Å². The first-order valence-electron chi connectivity index (χ1n) is 6.96. The van der Waals surface area contributed by atoms with Crippen LogP contribution in [0, 0.1) is 0 Å². The van der Waals surface area contributed by atoms with Crippen molar-refractivity contribution in [3.8, 4) is 0 Å². The molecule has 3 N–H and O–H groups in total. The van der Waals surface area contributed by atoms with Gasteiger partial charge in [0.05, 0.1) is 0 Å². The summed E-state index contributed by atoms with van der Waals surface area (Å²) in [7, 11) is -1.54. The van der Waals surface area contributed by atoms with E-state index in [0.29, 0.717) is 6.54 Å². The van der Waals surface area contributed by atoms with E-state index in [2.05, 4.69) is 14.7 Å². The van der Waals surface area contributed by atoms with Gasteiger partial charge < -0.3 is 10.6 Å². The standard InChI is InChI=1S/C12H23N5O2S/c1-3-6-17-9-11(12(13)14-17)20(18,19)15-10-4-7-16(2)8-5-10/h9-10,15H,3-8H2,1-2H3,(H2,13,14). The molecule has 2 heterocycles. The van der Waals surface area contributed by atoms with Crippen molar-refractivity contribution in [3.63, 3.8) is 0 Å². The van der Waals surface area contributed by atoms with E-state index >= 15 is 0 Å². The Bertz CT molecular complexity index is 546. The topological polar surface area (TPSA) is 93.2 Å². The molecule has 0 bridgehead atoms. The SMILES string of the molecule is CCCn1cc(S(=O)(=O)NC2CCN(C)CC2)c(N)n1. The van der Waals surface area contributed by atoms with Crippen LogP contribution in [0.5, 0.6) is 0 Å². The van der Waals surface area contributed by atoms with Gasteiger partial charge in [-0.05, 0) is 39.4 Å². The minimum absolute atomic E-state index is 0.0230. The van der Waals surface area contributed by atoms with Crippen molar-refractivity contribution in [2.45, 2.75) is 43.7 Å². The fourth-order valence-corrected chi connectivity index (χ4v) is 3.76. The summed E-state index contributed by atoms with van der Waals surface area (Å²) in [6.45, 7) is 4.46. The van der Waals surface area contributed by atoms with E-state index in [1.165, 1.54) is 6.20 Å². The Labute approximate surface area is 120 Å². The molecule has 0 amide bonds. The van der Waals surface area contributed by atoms with Gasteiger partial charge in [-0.3, -0.25) is 4.68 Å². The maximum atomic E-state index is 12.4. The highest BCUT2D eigenvalue weighted by atomic mass is 32.2. The van der Waals surface area contributed by atoms with E-state index in [1.807, 2.05) is 14.0 Å². The Hall–Kier alpha value is -1.12. The first-order valence-corrected chi connectivity index (χ1v) is 8.44. The highest BCUT2D eigenvalue weighted by Crippen LogP contribution is 2.18. The number of nitrogens with two attached hydrogens (primary N) is 1. The molecule has 20 heavy (non-hydrogen) atoms. The molecule has 0 aliphatic carbocycles. The van der Waals surface area contributed by atoms with Crippen LogP contribution >= 0.6 is 0 Å². The van der Waals surface area contributed by atoms with Gasteiger partial charge in [0.25, 0.3) is 0 Å². The minimum atomic E-state index is -3.58. The Morgan fingerprint density at radius 2 is 2.10 bits per heavy atom. The second-order valence-corrected chi connectivity index (χ2v) is 7.02. The second-order valence-electron chi connectivity index (χ2n) is 5.34. The van der Waals surface area contributed by atoms with Crippen molar-refractivity contribution in [1.82, 2.24) is 19.4 Å². The number of sulfonamides is 1. The van der Waals surface area contributed by atoms with Crippen LogP contribution < -0.4 is 10.5 Å². The van der Waals surface area contributed by atoms with Gasteiger partial charge >= 0.3 is 0 Å². The van der Waals surface area contributed by atoms with E-state index in [9.17, 15) is 8.42 Å². The third-order valence-electron chi connectivity index (χ3n) is 3.54. The summed E-state index contributed by atoms with van der Waals surface area (Å²) in [6, 6.07) is -0.0230. The van der Waals surface area contributed by atoms with Crippen molar-refractivity contribution in [1.29, 1.82) is 0 Å². The lowest BCUT2D eigenvalue weighted by molar-refractivity contribution is 0.248. The van der Waals surface area contributed by atoms with Crippen LogP contribution in [0.3, 0.4) is 0 Å². The number of nitrogen functional groups attached to an aromatic ring is 1. The number of hydrogen-bond acceptors (Lipinski definition) is 5. The van der Waals surface area contributed by atoms with Crippen LogP contribution in [-0.2, 0) is 16.6 Å². The summed E-state index contributed by atoms with van der Waals surface area (Å²) >= 11 is 0.